The number of benzene rings is 2. The summed E-state index contributed by atoms with van der Waals surface area (Å²) < 4.78 is 0. The average molecular weight is 292 g/mol. The number of hydrogen-bond donors (Lipinski definition) is 3. The Hall–Kier alpha value is -2.20. The molecule has 2 aromatic carbocycles. The van der Waals surface area contributed by atoms with Crippen LogP contribution >= 0.6 is 11.6 Å². The van der Waals surface area contributed by atoms with Crippen LogP contribution in [0.25, 0.3) is 0 Å². The van der Waals surface area contributed by atoms with Crippen LogP contribution in [0.1, 0.15) is 11.1 Å². The zero-order valence-electron chi connectivity index (χ0n) is 10.6. The molecule has 0 saturated carbocycles. The van der Waals surface area contributed by atoms with Crippen LogP contribution in [-0.4, -0.2) is 16.1 Å². The number of nitrogens with one attached hydrogen (secondary N) is 1. The van der Waals surface area contributed by atoms with Gasteiger partial charge in [-0.3, -0.25) is 4.79 Å². The Labute approximate surface area is 121 Å². The predicted molar refractivity (Wildman–Crippen MR) is 76.8 cm³/mol. The minimum absolute atomic E-state index is 0.123. The Balaban J connectivity index is 1.93. The fraction of sp³-hybridized carbons (Fsp3) is 0.133. The van der Waals surface area contributed by atoms with Crippen molar-refractivity contribution in [2.45, 2.75) is 13.0 Å². The van der Waals surface area contributed by atoms with Crippen molar-refractivity contribution >= 4 is 17.5 Å². The average Bonchev–Trinajstić information content (AvgIpc) is 2.42. The summed E-state index contributed by atoms with van der Waals surface area (Å²) in [6, 6.07) is 11.6. The Morgan fingerprint density at radius 3 is 2.55 bits per heavy atom. The number of phenols is 2. The molecular weight excluding hydrogens is 278 g/mol. The highest BCUT2D eigenvalue weighted by Gasteiger charge is 2.07. The summed E-state index contributed by atoms with van der Waals surface area (Å²) in [6.07, 6.45) is 0.123. The predicted octanol–water partition coefficient (Wildman–Crippen LogP) is 2.61. The maximum atomic E-state index is 11.8. The lowest BCUT2D eigenvalue weighted by atomic mass is 10.1. The summed E-state index contributed by atoms with van der Waals surface area (Å²) in [4.78, 5) is 11.8. The number of phenolic OH excluding ortho intramolecular Hbond substituents is 2. The molecule has 0 spiro atoms. The molecular formula is C15H14ClNO3. The standard InChI is InChI=1S/C15H14ClNO3/c16-12-4-2-1-3-11(12)9-17-15(20)8-10-5-6-13(18)14(19)7-10/h1-7,18-19H,8-9H2,(H,17,20). The first-order valence-electron chi connectivity index (χ1n) is 6.07. The van der Waals surface area contributed by atoms with Gasteiger partial charge in [0.1, 0.15) is 0 Å². The van der Waals surface area contributed by atoms with Gasteiger partial charge in [0.05, 0.1) is 6.42 Å². The fourth-order valence-corrected chi connectivity index (χ4v) is 1.96. The van der Waals surface area contributed by atoms with Gasteiger partial charge in [0.25, 0.3) is 0 Å². The molecule has 5 heteroatoms. The van der Waals surface area contributed by atoms with E-state index in [0.717, 1.165) is 5.56 Å². The van der Waals surface area contributed by atoms with Gasteiger partial charge in [-0.2, -0.15) is 0 Å². The van der Waals surface area contributed by atoms with Crippen molar-refractivity contribution < 1.29 is 15.0 Å². The van der Waals surface area contributed by atoms with E-state index in [1.807, 2.05) is 18.2 Å². The van der Waals surface area contributed by atoms with E-state index in [0.29, 0.717) is 17.1 Å². The summed E-state index contributed by atoms with van der Waals surface area (Å²) in [5.41, 5.74) is 1.47. The molecule has 0 saturated heterocycles. The molecule has 0 bridgehead atoms. The molecule has 1 amide bonds. The quantitative estimate of drug-likeness (QED) is 0.759. The number of amides is 1. The number of halogens is 1. The van der Waals surface area contributed by atoms with E-state index in [9.17, 15) is 15.0 Å². The van der Waals surface area contributed by atoms with Crippen molar-refractivity contribution in [3.05, 3.63) is 58.6 Å². The minimum atomic E-state index is -0.235. The molecule has 0 aliphatic rings. The lowest BCUT2D eigenvalue weighted by molar-refractivity contribution is -0.120. The number of hydrogen-bond acceptors (Lipinski definition) is 3. The highest BCUT2D eigenvalue weighted by atomic mass is 35.5. The number of carbonyl (C=O) groups is 1. The SMILES string of the molecule is O=C(Cc1ccc(O)c(O)c1)NCc1ccccc1Cl. The summed E-state index contributed by atoms with van der Waals surface area (Å²) in [7, 11) is 0. The molecule has 104 valence electrons. The van der Waals surface area contributed by atoms with Gasteiger partial charge in [0, 0.05) is 11.6 Å². The zero-order chi connectivity index (χ0) is 14.5. The number of carbonyl (C=O) groups excluding carboxylic acids is 1. The van der Waals surface area contributed by atoms with E-state index in [1.165, 1.54) is 12.1 Å². The van der Waals surface area contributed by atoms with Crippen molar-refractivity contribution in [1.82, 2.24) is 5.32 Å². The van der Waals surface area contributed by atoms with Crippen LogP contribution in [0.5, 0.6) is 11.5 Å². The third-order valence-electron chi connectivity index (χ3n) is 2.84. The first-order chi connectivity index (χ1) is 9.56. The Kier molecular flexibility index (Phi) is 4.48. The summed E-state index contributed by atoms with van der Waals surface area (Å²) >= 11 is 5.99. The van der Waals surface area contributed by atoms with Gasteiger partial charge < -0.3 is 15.5 Å². The normalized spacial score (nSPS) is 10.2. The molecule has 0 aliphatic carbocycles. The van der Waals surface area contributed by atoms with Crippen molar-refractivity contribution in [2.75, 3.05) is 0 Å². The second-order valence-corrected chi connectivity index (χ2v) is 4.78. The summed E-state index contributed by atoms with van der Waals surface area (Å²) in [6.45, 7) is 0.350. The van der Waals surface area contributed by atoms with E-state index < -0.39 is 0 Å². The second-order valence-electron chi connectivity index (χ2n) is 4.37. The molecule has 0 heterocycles. The second kappa shape index (κ2) is 6.30. The largest absolute Gasteiger partial charge is 0.504 e. The van der Waals surface area contributed by atoms with E-state index in [-0.39, 0.29) is 23.8 Å². The molecule has 4 nitrogen and oxygen atoms in total. The van der Waals surface area contributed by atoms with Gasteiger partial charge >= 0.3 is 0 Å². The lowest BCUT2D eigenvalue weighted by Crippen LogP contribution is -2.24. The highest BCUT2D eigenvalue weighted by Crippen LogP contribution is 2.25. The molecule has 0 radical (unpaired) electrons. The molecule has 0 atom stereocenters. The van der Waals surface area contributed by atoms with Gasteiger partial charge in [-0.25, -0.2) is 0 Å². The molecule has 0 aliphatic heterocycles. The van der Waals surface area contributed by atoms with Crippen molar-refractivity contribution in [3.63, 3.8) is 0 Å². The summed E-state index contributed by atoms with van der Waals surface area (Å²) in [5.74, 6) is -0.623. The Morgan fingerprint density at radius 2 is 1.85 bits per heavy atom. The zero-order valence-corrected chi connectivity index (χ0v) is 11.4. The Bertz CT molecular complexity index is 628. The fourth-order valence-electron chi connectivity index (χ4n) is 1.76. The maximum absolute atomic E-state index is 11.8. The molecule has 2 aromatic rings. The van der Waals surface area contributed by atoms with E-state index in [2.05, 4.69) is 5.32 Å². The van der Waals surface area contributed by atoms with E-state index in [1.54, 1.807) is 12.1 Å². The van der Waals surface area contributed by atoms with Crippen LogP contribution in [0.15, 0.2) is 42.5 Å². The first kappa shape index (κ1) is 14.2. The molecule has 0 aromatic heterocycles. The number of aromatic hydroxyl groups is 2. The van der Waals surface area contributed by atoms with Crippen LogP contribution in [0.2, 0.25) is 5.02 Å². The third kappa shape index (κ3) is 3.65. The van der Waals surface area contributed by atoms with Gasteiger partial charge in [0.2, 0.25) is 5.91 Å². The molecule has 3 N–H and O–H groups in total. The first-order valence-corrected chi connectivity index (χ1v) is 6.45. The molecule has 20 heavy (non-hydrogen) atoms. The van der Waals surface area contributed by atoms with Crippen LogP contribution in [0.4, 0.5) is 0 Å². The van der Waals surface area contributed by atoms with Crippen LogP contribution < -0.4 is 5.32 Å². The van der Waals surface area contributed by atoms with Crippen LogP contribution in [-0.2, 0) is 17.8 Å². The molecule has 0 unspecified atom stereocenters. The number of rotatable bonds is 4. The van der Waals surface area contributed by atoms with E-state index >= 15 is 0 Å². The highest BCUT2D eigenvalue weighted by molar-refractivity contribution is 6.31. The van der Waals surface area contributed by atoms with Gasteiger partial charge in [-0.05, 0) is 29.3 Å². The van der Waals surface area contributed by atoms with Gasteiger partial charge in [0.15, 0.2) is 11.5 Å². The molecule has 0 fully saturated rings. The minimum Gasteiger partial charge on any atom is -0.504 e. The topological polar surface area (TPSA) is 69.6 Å². The lowest BCUT2D eigenvalue weighted by Gasteiger charge is -2.07. The third-order valence-corrected chi connectivity index (χ3v) is 3.21. The smallest absolute Gasteiger partial charge is 0.224 e. The van der Waals surface area contributed by atoms with Crippen molar-refractivity contribution in [3.8, 4) is 11.5 Å². The van der Waals surface area contributed by atoms with E-state index in [4.69, 9.17) is 11.6 Å². The Morgan fingerprint density at radius 1 is 1.10 bits per heavy atom. The van der Waals surface area contributed by atoms with Crippen LogP contribution in [0, 0.1) is 0 Å². The summed E-state index contributed by atoms with van der Waals surface area (Å²) in [5, 5.41) is 21.9. The van der Waals surface area contributed by atoms with Gasteiger partial charge in [-0.1, -0.05) is 35.9 Å². The van der Waals surface area contributed by atoms with Crippen molar-refractivity contribution in [1.29, 1.82) is 0 Å². The van der Waals surface area contributed by atoms with Gasteiger partial charge in [-0.15, -0.1) is 0 Å². The molecule has 2 rings (SSSR count). The monoisotopic (exact) mass is 291 g/mol. The maximum Gasteiger partial charge on any atom is 0.224 e. The van der Waals surface area contributed by atoms with Crippen molar-refractivity contribution in [2.24, 2.45) is 0 Å². The van der Waals surface area contributed by atoms with Crippen LogP contribution in [0.3, 0.4) is 0 Å².